The highest BCUT2D eigenvalue weighted by Crippen LogP contribution is 2.16. The Kier molecular flexibility index (Phi) is 5.18. The summed E-state index contributed by atoms with van der Waals surface area (Å²) >= 11 is 7.76. The van der Waals surface area contributed by atoms with Gasteiger partial charge in [0.2, 0.25) is 0 Å². The number of halogens is 2. The van der Waals surface area contributed by atoms with Gasteiger partial charge in [0.1, 0.15) is 13.2 Å². The molecule has 2 rings (SSSR count). The number of benzene rings is 1. The number of carbonyl (C=O) groups is 1. The monoisotopic (exact) mass is 407 g/mol. The number of aromatic nitrogens is 1. The molecule has 0 radical (unpaired) electrons. The lowest BCUT2D eigenvalue weighted by Crippen LogP contribution is -2.23. The summed E-state index contributed by atoms with van der Waals surface area (Å²) in [7, 11) is 0. The minimum atomic E-state index is -0.406. The Morgan fingerprint density at radius 3 is 2.89 bits per heavy atom. The van der Waals surface area contributed by atoms with Gasteiger partial charge in [-0.25, -0.2) is 0 Å². The molecular weight excluding hydrogens is 398 g/mol. The standard InChI is InChI=1S/C12H11Br2NO3S/c13-5-8(14)7-18-11(16)6-15-9-3-1-2-4-10(9)19-12(15)17/h1-4,8H,5-7H2/t8-/m1/s1. The number of ether oxygens (including phenoxy) is 1. The summed E-state index contributed by atoms with van der Waals surface area (Å²) in [6.45, 7) is 0.228. The molecule has 0 unspecified atom stereocenters. The van der Waals surface area contributed by atoms with E-state index >= 15 is 0 Å². The first-order valence-electron chi connectivity index (χ1n) is 5.56. The van der Waals surface area contributed by atoms with Crippen LogP contribution in [0, 0.1) is 0 Å². The highest BCUT2D eigenvalue weighted by molar-refractivity contribution is 9.12. The lowest BCUT2D eigenvalue weighted by atomic mass is 10.3. The van der Waals surface area contributed by atoms with E-state index in [0.29, 0.717) is 5.33 Å². The van der Waals surface area contributed by atoms with Crippen LogP contribution in [0.25, 0.3) is 10.2 Å². The van der Waals surface area contributed by atoms with Crippen molar-refractivity contribution in [3.8, 4) is 0 Å². The summed E-state index contributed by atoms with van der Waals surface area (Å²) in [6.07, 6.45) is 0. The van der Waals surface area contributed by atoms with Crippen LogP contribution >= 0.6 is 43.2 Å². The van der Waals surface area contributed by atoms with Crippen LogP contribution in [0.1, 0.15) is 0 Å². The first-order chi connectivity index (χ1) is 9.11. The highest BCUT2D eigenvalue weighted by atomic mass is 79.9. The van der Waals surface area contributed by atoms with E-state index in [-0.39, 0.29) is 22.9 Å². The third kappa shape index (κ3) is 3.67. The molecule has 102 valence electrons. The maximum Gasteiger partial charge on any atom is 0.326 e. The Hall–Kier alpha value is -0.660. The third-order valence-corrected chi connectivity index (χ3v) is 5.65. The van der Waals surface area contributed by atoms with Crippen LogP contribution in [0.4, 0.5) is 0 Å². The summed E-state index contributed by atoms with van der Waals surface area (Å²) in [5.41, 5.74) is 0.769. The average Bonchev–Trinajstić information content (AvgIpc) is 2.72. The van der Waals surface area contributed by atoms with E-state index in [0.717, 1.165) is 21.6 Å². The molecule has 0 saturated carbocycles. The predicted octanol–water partition coefficient (Wildman–Crippen LogP) is 2.76. The molecule has 0 saturated heterocycles. The molecule has 0 fully saturated rings. The van der Waals surface area contributed by atoms with Gasteiger partial charge < -0.3 is 4.74 Å². The molecule has 1 aromatic heterocycles. The highest BCUT2D eigenvalue weighted by Gasteiger charge is 2.13. The number of esters is 1. The summed E-state index contributed by atoms with van der Waals surface area (Å²) < 4.78 is 7.42. The minimum absolute atomic E-state index is 0.0507. The fourth-order valence-electron chi connectivity index (χ4n) is 1.57. The molecule has 1 atom stereocenters. The summed E-state index contributed by atoms with van der Waals surface area (Å²) in [5.74, 6) is -0.406. The van der Waals surface area contributed by atoms with E-state index in [4.69, 9.17) is 4.74 Å². The van der Waals surface area contributed by atoms with Crippen LogP contribution in [-0.2, 0) is 16.1 Å². The Balaban J connectivity index is 2.11. The summed E-state index contributed by atoms with van der Waals surface area (Å²) in [5, 5.41) is 0.696. The fraction of sp³-hybridized carbons (Fsp3) is 0.333. The van der Waals surface area contributed by atoms with Gasteiger partial charge in [-0.1, -0.05) is 55.3 Å². The molecule has 0 N–H and O–H groups in total. The maximum absolute atomic E-state index is 11.8. The summed E-state index contributed by atoms with van der Waals surface area (Å²) in [4.78, 5) is 23.5. The van der Waals surface area contributed by atoms with E-state index in [1.807, 2.05) is 24.3 Å². The van der Waals surface area contributed by atoms with Crippen molar-refractivity contribution in [3.63, 3.8) is 0 Å². The Bertz CT molecular complexity index is 637. The van der Waals surface area contributed by atoms with Crippen LogP contribution < -0.4 is 4.87 Å². The molecule has 0 aliphatic carbocycles. The number of carbonyl (C=O) groups excluding carboxylic acids is 1. The van der Waals surface area contributed by atoms with Crippen LogP contribution in [-0.4, -0.2) is 27.3 Å². The van der Waals surface area contributed by atoms with Crippen LogP contribution in [0.2, 0.25) is 0 Å². The molecule has 0 bridgehead atoms. The van der Waals surface area contributed by atoms with Crippen molar-refractivity contribution in [2.75, 3.05) is 11.9 Å². The number of nitrogens with zero attached hydrogens (tertiary/aromatic N) is 1. The Morgan fingerprint density at radius 2 is 2.16 bits per heavy atom. The normalized spacial score (nSPS) is 12.5. The molecule has 0 amide bonds. The molecule has 0 spiro atoms. The second-order valence-corrected chi connectivity index (χ2v) is 6.79. The average molecular weight is 409 g/mol. The molecule has 0 aliphatic rings. The molecule has 1 heterocycles. The number of rotatable bonds is 5. The first kappa shape index (κ1) is 14.7. The largest absolute Gasteiger partial charge is 0.463 e. The SMILES string of the molecule is O=C(Cn1c(=O)sc2ccccc21)OC[C@H](Br)CBr. The van der Waals surface area contributed by atoms with E-state index in [1.54, 1.807) is 0 Å². The van der Waals surface area contributed by atoms with E-state index in [1.165, 1.54) is 4.57 Å². The van der Waals surface area contributed by atoms with Crippen molar-refractivity contribution in [1.29, 1.82) is 0 Å². The van der Waals surface area contributed by atoms with Crippen molar-refractivity contribution >= 4 is 59.4 Å². The van der Waals surface area contributed by atoms with Gasteiger partial charge in [0, 0.05) is 5.33 Å². The number of para-hydroxylation sites is 1. The minimum Gasteiger partial charge on any atom is -0.463 e. The van der Waals surface area contributed by atoms with E-state index < -0.39 is 5.97 Å². The van der Waals surface area contributed by atoms with Gasteiger partial charge in [0.05, 0.1) is 15.0 Å². The lowest BCUT2D eigenvalue weighted by molar-refractivity contribution is -0.144. The number of hydrogen-bond acceptors (Lipinski definition) is 4. The molecular formula is C12H11Br2NO3S. The van der Waals surface area contributed by atoms with Crippen molar-refractivity contribution in [3.05, 3.63) is 33.9 Å². The quantitative estimate of drug-likeness (QED) is 0.564. The molecule has 2 aromatic rings. The third-order valence-electron chi connectivity index (χ3n) is 2.45. The number of thiazole rings is 1. The van der Waals surface area contributed by atoms with Crippen molar-refractivity contribution in [2.45, 2.75) is 11.4 Å². The number of alkyl halides is 2. The van der Waals surface area contributed by atoms with Gasteiger partial charge in [-0.2, -0.15) is 0 Å². The van der Waals surface area contributed by atoms with Gasteiger partial charge >= 0.3 is 10.8 Å². The Labute approximate surface area is 130 Å². The van der Waals surface area contributed by atoms with Crippen molar-refractivity contribution < 1.29 is 9.53 Å². The first-order valence-corrected chi connectivity index (χ1v) is 8.41. The molecule has 19 heavy (non-hydrogen) atoms. The van der Waals surface area contributed by atoms with Gasteiger partial charge in [0.25, 0.3) is 0 Å². The second kappa shape index (κ2) is 6.67. The van der Waals surface area contributed by atoms with E-state index in [9.17, 15) is 9.59 Å². The van der Waals surface area contributed by atoms with E-state index in [2.05, 4.69) is 31.9 Å². The zero-order chi connectivity index (χ0) is 13.8. The van der Waals surface area contributed by atoms with Gasteiger partial charge in [-0.3, -0.25) is 14.2 Å². The predicted molar refractivity (Wildman–Crippen MR) is 83.6 cm³/mol. The van der Waals surface area contributed by atoms with Crippen LogP contribution in [0.15, 0.2) is 29.1 Å². The zero-order valence-corrected chi connectivity index (χ0v) is 13.8. The topological polar surface area (TPSA) is 48.3 Å². The second-order valence-electron chi connectivity index (χ2n) is 3.86. The van der Waals surface area contributed by atoms with Gasteiger partial charge in [0.15, 0.2) is 0 Å². The van der Waals surface area contributed by atoms with Crippen molar-refractivity contribution in [2.24, 2.45) is 0 Å². The summed E-state index contributed by atoms with van der Waals surface area (Å²) in [6, 6.07) is 7.40. The smallest absolute Gasteiger partial charge is 0.326 e. The molecule has 1 aromatic carbocycles. The lowest BCUT2D eigenvalue weighted by Gasteiger charge is -2.08. The maximum atomic E-state index is 11.8. The molecule has 0 aliphatic heterocycles. The van der Waals surface area contributed by atoms with Crippen LogP contribution in [0.5, 0.6) is 0 Å². The zero-order valence-electron chi connectivity index (χ0n) is 9.84. The number of fused-ring (bicyclic) bond motifs is 1. The van der Waals surface area contributed by atoms with Gasteiger partial charge in [-0.15, -0.1) is 0 Å². The van der Waals surface area contributed by atoms with Crippen LogP contribution in [0.3, 0.4) is 0 Å². The van der Waals surface area contributed by atoms with Crippen molar-refractivity contribution in [1.82, 2.24) is 4.57 Å². The van der Waals surface area contributed by atoms with Gasteiger partial charge in [-0.05, 0) is 12.1 Å². The molecule has 7 heteroatoms. The number of hydrogen-bond donors (Lipinski definition) is 0. The Morgan fingerprint density at radius 1 is 1.42 bits per heavy atom. The fourth-order valence-corrected chi connectivity index (χ4v) is 2.78. The molecule has 4 nitrogen and oxygen atoms in total.